The third kappa shape index (κ3) is 5.80. The molecule has 0 radical (unpaired) electrons. The molecule has 2 rings (SSSR count). The molecule has 0 heterocycles. The Morgan fingerprint density at radius 2 is 1.69 bits per heavy atom. The lowest BCUT2D eigenvalue weighted by Gasteiger charge is -2.13. The van der Waals surface area contributed by atoms with Gasteiger partial charge in [0.1, 0.15) is 5.75 Å². The normalized spacial score (nSPS) is 10.9. The molecule has 5 nitrogen and oxygen atoms in total. The van der Waals surface area contributed by atoms with Crippen molar-refractivity contribution in [2.75, 3.05) is 6.61 Å². The summed E-state index contributed by atoms with van der Waals surface area (Å²) < 4.78 is 45.9. The zero-order valence-corrected chi connectivity index (χ0v) is 13.8. The molecule has 26 heavy (non-hydrogen) atoms. The second kappa shape index (κ2) is 8.37. The van der Waals surface area contributed by atoms with E-state index < -0.39 is 30.6 Å². The zero-order chi connectivity index (χ0) is 19.2. The van der Waals surface area contributed by atoms with Crippen LogP contribution < -0.4 is 10.1 Å². The molecule has 0 saturated heterocycles. The minimum absolute atomic E-state index is 0.142. The highest BCUT2D eigenvalue weighted by Crippen LogP contribution is 2.26. The smallest absolute Gasteiger partial charge is 0.452 e. The molecular weight excluding hydrogens is 351 g/mol. The number of hydrogen-bond donors (Lipinski definition) is 1. The standard InChI is InChI=1S/C18H16F3NO4/c1-12-6-2-4-8-14(12)17(24)25-11-16(23)22-10-13-7-3-5-9-15(13)26-18(19,20)21/h2-9H,10-11H2,1H3,(H,22,23). The molecule has 2 aromatic carbocycles. The van der Waals surface area contributed by atoms with Gasteiger partial charge in [-0.05, 0) is 24.6 Å². The summed E-state index contributed by atoms with van der Waals surface area (Å²) in [4.78, 5) is 23.7. The number of rotatable bonds is 6. The van der Waals surface area contributed by atoms with Crippen LogP contribution in [-0.2, 0) is 16.1 Å². The predicted octanol–water partition coefficient (Wildman–Crippen LogP) is 3.37. The number of aryl methyl sites for hydroxylation is 1. The Balaban J connectivity index is 1.88. The number of carbonyl (C=O) groups excluding carboxylic acids is 2. The van der Waals surface area contributed by atoms with E-state index in [1.54, 1.807) is 31.2 Å². The summed E-state index contributed by atoms with van der Waals surface area (Å²) in [7, 11) is 0. The average Bonchev–Trinajstić information content (AvgIpc) is 2.58. The van der Waals surface area contributed by atoms with Crippen molar-refractivity contribution in [2.24, 2.45) is 0 Å². The minimum Gasteiger partial charge on any atom is -0.452 e. The van der Waals surface area contributed by atoms with Gasteiger partial charge in [-0.25, -0.2) is 4.79 Å². The van der Waals surface area contributed by atoms with Crippen LogP contribution in [0.25, 0.3) is 0 Å². The highest BCUT2D eigenvalue weighted by atomic mass is 19.4. The van der Waals surface area contributed by atoms with Crippen molar-refractivity contribution in [1.29, 1.82) is 0 Å². The fraction of sp³-hybridized carbons (Fsp3) is 0.222. The Kier molecular flexibility index (Phi) is 6.21. The number of alkyl halides is 3. The molecule has 0 fully saturated rings. The van der Waals surface area contributed by atoms with Gasteiger partial charge in [0.2, 0.25) is 0 Å². The highest BCUT2D eigenvalue weighted by molar-refractivity contribution is 5.92. The van der Waals surface area contributed by atoms with Crippen molar-refractivity contribution in [1.82, 2.24) is 5.32 Å². The van der Waals surface area contributed by atoms with Crippen molar-refractivity contribution in [2.45, 2.75) is 19.8 Å². The quantitative estimate of drug-likeness (QED) is 0.795. The van der Waals surface area contributed by atoms with E-state index in [-0.39, 0.29) is 12.1 Å². The van der Waals surface area contributed by atoms with Crippen molar-refractivity contribution < 1.29 is 32.2 Å². The summed E-state index contributed by atoms with van der Waals surface area (Å²) in [5, 5.41) is 2.38. The van der Waals surface area contributed by atoms with Crippen molar-refractivity contribution >= 4 is 11.9 Å². The maximum Gasteiger partial charge on any atom is 0.573 e. The van der Waals surface area contributed by atoms with Gasteiger partial charge in [-0.2, -0.15) is 0 Å². The summed E-state index contributed by atoms with van der Waals surface area (Å²) in [5.41, 5.74) is 1.18. The molecule has 0 spiro atoms. The molecule has 0 aliphatic rings. The molecule has 2 aromatic rings. The average molecular weight is 367 g/mol. The maximum absolute atomic E-state index is 12.4. The van der Waals surface area contributed by atoms with E-state index in [1.807, 2.05) is 0 Å². The van der Waals surface area contributed by atoms with Crippen LogP contribution in [-0.4, -0.2) is 24.8 Å². The van der Waals surface area contributed by atoms with Gasteiger partial charge in [0, 0.05) is 12.1 Å². The van der Waals surface area contributed by atoms with Crippen molar-refractivity contribution in [3.05, 3.63) is 65.2 Å². The van der Waals surface area contributed by atoms with Gasteiger partial charge in [-0.1, -0.05) is 36.4 Å². The minimum atomic E-state index is -4.83. The van der Waals surface area contributed by atoms with Gasteiger partial charge in [0.15, 0.2) is 6.61 Å². The summed E-state index contributed by atoms with van der Waals surface area (Å²) in [6.07, 6.45) is -4.83. The van der Waals surface area contributed by atoms with E-state index in [4.69, 9.17) is 4.74 Å². The highest BCUT2D eigenvalue weighted by Gasteiger charge is 2.32. The summed E-state index contributed by atoms with van der Waals surface area (Å²) in [5.74, 6) is -1.70. The fourth-order valence-corrected chi connectivity index (χ4v) is 2.13. The Labute approximate surface area is 147 Å². The van der Waals surface area contributed by atoms with Crippen molar-refractivity contribution in [3.8, 4) is 5.75 Å². The van der Waals surface area contributed by atoms with Crippen LogP contribution in [0, 0.1) is 6.92 Å². The molecule has 0 aromatic heterocycles. The van der Waals surface area contributed by atoms with Crippen LogP contribution >= 0.6 is 0 Å². The van der Waals surface area contributed by atoms with Crippen LogP contribution in [0.5, 0.6) is 5.75 Å². The first-order valence-corrected chi connectivity index (χ1v) is 7.59. The van der Waals surface area contributed by atoms with Gasteiger partial charge in [-0.3, -0.25) is 4.79 Å². The van der Waals surface area contributed by atoms with E-state index >= 15 is 0 Å². The summed E-state index contributed by atoms with van der Waals surface area (Å²) in [6, 6.07) is 12.2. The lowest BCUT2D eigenvalue weighted by atomic mass is 10.1. The van der Waals surface area contributed by atoms with E-state index in [1.165, 1.54) is 18.2 Å². The Hall–Kier alpha value is -3.03. The summed E-state index contributed by atoms with van der Waals surface area (Å²) in [6.45, 7) is 0.983. The molecule has 0 saturated carbocycles. The Morgan fingerprint density at radius 1 is 1.04 bits per heavy atom. The number of halogens is 3. The fourth-order valence-electron chi connectivity index (χ4n) is 2.13. The monoisotopic (exact) mass is 367 g/mol. The maximum atomic E-state index is 12.4. The number of carbonyl (C=O) groups is 2. The van der Waals surface area contributed by atoms with Crippen LogP contribution in [0.2, 0.25) is 0 Å². The molecule has 0 unspecified atom stereocenters. The predicted molar refractivity (Wildman–Crippen MR) is 86.4 cm³/mol. The van der Waals surface area contributed by atoms with Gasteiger partial charge in [-0.15, -0.1) is 13.2 Å². The first-order valence-electron chi connectivity index (χ1n) is 7.59. The van der Waals surface area contributed by atoms with E-state index in [9.17, 15) is 22.8 Å². The number of esters is 1. The second-order valence-corrected chi connectivity index (χ2v) is 5.32. The topological polar surface area (TPSA) is 64.6 Å². The number of nitrogens with one attached hydrogen (secondary N) is 1. The van der Waals surface area contributed by atoms with Gasteiger partial charge in [0.05, 0.1) is 5.56 Å². The number of benzene rings is 2. The molecular formula is C18H16F3NO4. The third-order valence-electron chi connectivity index (χ3n) is 3.37. The third-order valence-corrected chi connectivity index (χ3v) is 3.37. The Morgan fingerprint density at radius 3 is 2.38 bits per heavy atom. The zero-order valence-electron chi connectivity index (χ0n) is 13.8. The van der Waals surface area contributed by atoms with E-state index in [2.05, 4.69) is 10.1 Å². The van der Waals surface area contributed by atoms with E-state index in [0.717, 1.165) is 6.07 Å². The lowest BCUT2D eigenvalue weighted by molar-refractivity contribution is -0.274. The number of hydrogen-bond acceptors (Lipinski definition) is 4. The molecule has 1 N–H and O–H groups in total. The van der Waals surface area contributed by atoms with Crippen LogP contribution in [0.15, 0.2) is 48.5 Å². The van der Waals surface area contributed by atoms with Gasteiger partial charge in [0.25, 0.3) is 5.91 Å². The van der Waals surface area contributed by atoms with Crippen LogP contribution in [0.3, 0.4) is 0 Å². The first kappa shape index (κ1) is 19.3. The summed E-state index contributed by atoms with van der Waals surface area (Å²) >= 11 is 0. The lowest BCUT2D eigenvalue weighted by Crippen LogP contribution is -2.29. The molecule has 1 amide bonds. The number of para-hydroxylation sites is 1. The molecule has 0 aliphatic heterocycles. The van der Waals surface area contributed by atoms with Gasteiger partial charge >= 0.3 is 12.3 Å². The largest absolute Gasteiger partial charge is 0.573 e. The Bertz CT molecular complexity index is 790. The van der Waals surface area contributed by atoms with Gasteiger partial charge < -0.3 is 14.8 Å². The first-order chi connectivity index (χ1) is 12.3. The number of amides is 1. The van der Waals surface area contributed by atoms with Crippen LogP contribution in [0.4, 0.5) is 13.2 Å². The molecule has 138 valence electrons. The number of ether oxygens (including phenoxy) is 2. The second-order valence-electron chi connectivity index (χ2n) is 5.32. The molecule has 8 heteroatoms. The molecule has 0 atom stereocenters. The van der Waals surface area contributed by atoms with Crippen LogP contribution in [0.1, 0.15) is 21.5 Å². The SMILES string of the molecule is Cc1ccccc1C(=O)OCC(=O)NCc1ccccc1OC(F)(F)F. The van der Waals surface area contributed by atoms with Crippen molar-refractivity contribution in [3.63, 3.8) is 0 Å². The van der Waals surface area contributed by atoms with E-state index in [0.29, 0.717) is 11.1 Å². The molecule has 0 bridgehead atoms. The molecule has 0 aliphatic carbocycles.